The van der Waals surface area contributed by atoms with E-state index in [2.05, 4.69) is 5.32 Å². The van der Waals surface area contributed by atoms with Gasteiger partial charge in [0.2, 0.25) is 0 Å². The summed E-state index contributed by atoms with van der Waals surface area (Å²) >= 11 is 1.37. The van der Waals surface area contributed by atoms with Crippen molar-refractivity contribution in [3.05, 3.63) is 21.4 Å². The number of hydrogen-bond donors (Lipinski definition) is 2. The van der Waals surface area contributed by atoms with E-state index in [1.807, 2.05) is 0 Å². The normalized spacial score (nSPS) is 13.7. The smallest absolute Gasteiger partial charge is 0.345 e. The molecule has 3 nitrogen and oxygen atoms in total. The molecule has 1 aliphatic rings. The number of carboxylic acids is 1. The summed E-state index contributed by atoms with van der Waals surface area (Å²) in [6.45, 7) is 1.65. The van der Waals surface area contributed by atoms with Crippen molar-refractivity contribution < 1.29 is 9.90 Å². The lowest BCUT2D eigenvalue weighted by atomic mass is 10.3. The molecule has 66 valence electrons. The Labute approximate surface area is 79.8 Å². The Kier molecular flexibility index (Phi) is 2.72. The fraction of sp³-hybridized carbons (Fsp3) is 0.286. The SMILES string of the molecule is Cl.O=C(O)c1cc2c(s1)CNC2. The average Bonchev–Trinajstić information content (AvgIpc) is 2.40. The minimum atomic E-state index is -0.815. The van der Waals surface area contributed by atoms with Gasteiger partial charge < -0.3 is 10.4 Å². The third-order valence-electron chi connectivity index (χ3n) is 1.71. The number of rotatable bonds is 1. The highest BCUT2D eigenvalue weighted by Gasteiger charge is 2.16. The van der Waals surface area contributed by atoms with Gasteiger partial charge in [-0.2, -0.15) is 0 Å². The maximum absolute atomic E-state index is 10.5. The van der Waals surface area contributed by atoms with E-state index in [0.29, 0.717) is 4.88 Å². The van der Waals surface area contributed by atoms with E-state index >= 15 is 0 Å². The molecule has 0 radical (unpaired) electrons. The highest BCUT2D eigenvalue weighted by Crippen LogP contribution is 2.25. The predicted molar refractivity (Wildman–Crippen MR) is 49.1 cm³/mol. The average molecular weight is 206 g/mol. The highest BCUT2D eigenvalue weighted by molar-refractivity contribution is 7.14. The summed E-state index contributed by atoms with van der Waals surface area (Å²) in [5.41, 5.74) is 1.15. The lowest BCUT2D eigenvalue weighted by Gasteiger charge is -1.87. The quantitative estimate of drug-likeness (QED) is 0.730. The fourth-order valence-electron chi connectivity index (χ4n) is 1.18. The molecule has 1 aromatic heterocycles. The summed E-state index contributed by atoms with van der Waals surface area (Å²) in [6, 6.07) is 1.75. The summed E-state index contributed by atoms with van der Waals surface area (Å²) in [4.78, 5) is 12.1. The zero-order valence-corrected chi connectivity index (χ0v) is 7.80. The van der Waals surface area contributed by atoms with E-state index in [9.17, 15) is 4.79 Å². The second kappa shape index (κ2) is 3.43. The van der Waals surface area contributed by atoms with Crippen LogP contribution in [0.2, 0.25) is 0 Å². The molecule has 0 atom stereocenters. The number of carbonyl (C=O) groups is 1. The molecule has 0 saturated carbocycles. The Bertz CT molecular complexity index is 289. The molecular formula is C7H8ClNO2S. The van der Waals surface area contributed by atoms with E-state index in [0.717, 1.165) is 18.7 Å². The molecule has 1 aliphatic heterocycles. The van der Waals surface area contributed by atoms with Crippen molar-refractivity contribution in [3.8, 4) is 0 Å². The van der Waals surface area contributed by atoms with Crippen LogP contribution >= 0.6 is 23.7 Å². The maximum atomic E-state index is 10.5. The lowest BCUT2D eigenvalue weighted by Crippen LogP contribution is -2.01. The van der Waals surface area contributed by atoms with Crippen LogP contribution in [0.5, 0.6) is 0 Å². The van der Waals surface area contributed by atoms with Crippen molar-refractivity contribution in [3.63, 3.8) is 0 Å². The minimum Gasteiger partial charge on any atom is -0.477 e. The number of halogens is 1. The first kappa shape index (κ1) is 9.51. The second-order valence-corrected chi connectivity index (χ2v) is 3.60. The van der Waals surface area contributed by atoms with E-state index in [4.69, 9.17) is 5.11 Å². The first-order valence-corrected chi connectivity index (χ1v) is 4.14. The van der Waals surface area contributed by atoms with Crippen LogP contribution in [-0.4, -0.2) is 11.1 Å². The number of nitrogens with one attached hydrogen (secondary N) is 1. The first-order chi connectivity index (χ1) is 5.27. The molecule has 0 bridgehead atoms. The van der Waals surface area contributed by atoms with Gasteiger partial charge in [-0.05, 0) is 11.6 Å². The highest BCUT2D eigenvalue weighted by atomic mass is 35.5. The zero-order chi connectivity index (χ0) is 7.84. The molecule has 0 saturated heterocycles. The molecule has 0 aromatic carbocycles. The Morgan fingerprint density at radius 3 is 2.92 bits per heavy atom. The topological polar surface area (TPSA) is 49.3 Å². The Morgan fingerprint density at radius 1 is 1.58 bits per heavy atom. The third-order valence-corrected chi connectivity index (χ3v) is 2.87. The number of thiophene rings is 1. The maximum Gasteiger partial charge on any atom is 0.345 e. The van der Waals surface area contributed by atoms with Gasteiger partial charge in [0, 0.05) is 18.0 Å². The lowest BCUT2D eigenvalue weighted by molar-refractivity contribution is 0.0702. The summed E-state index contributed by atoms with van der Waals surface area (Å²) in [7, 11) is 0. The molecule has 0 unspecified atom stereocenters. The molecule has 0 fully saturated rings. The number of aromatic carboxylic acids is 1. The van der Waals surface area contributed by atoms with Gasteiger partial charge in [-0.1, -0.05) is 0 Å². The van der Waals surface area contributed by atoms with E-state index in [-0.39, 0.29) is 12.4 Å². The number of fused-ring (bicyclic) bond motifs is 1. The third kappa shape index (κ3) is 1.46. The van der Waals surface area contributed by atoms with Crippen LogP contribution in [0.1, 0.15) is 20.1 Å². The van der Waals surface area contributed by atoms with Crippen molar-refractivity contribution in [1.82, 2.24) is 5.32 Å². The van der Waals surface area contributed by atoms with Gasteiger partial charge in [0.05, 0.1) is 0 Å². The number of hydrogen-bond acceptors (Lipinski definition) is 3. The molecule has 0 aliphatic carbocycles. The zero-order valence-electron chi connectivity index (χ0n) is 6.16. The van der Waals surface area contributed by atoms with Crippen LogP contribution < -0.4 is 5.32 Å². The van der Waals surface area contributed by atoms with Gasteiger partial charge in [-0.25, -0.2) is 4.79 Å². The van der Waals surface area contributed by atoms with Crippen molar-refractivity contribution in [1.29, 1.82) is 0 Å². The molecule has 5 heteroatoms. The summed E-state index contributed by atoms with van der Waals surface area (Å²) < 4.78 is 0. The van der Waals surface area contributed by atoms with Gasteiger partial charge in [-0.15, -0.1) is 23.7 Å². The molecule has 1 aromatic rings. The van der Waals surface area contributed by atoms with Gasteiger partial charge in [-0.3, -0.25) is 0 Å². The molecule has 2 N–H and O–H groups in total. The van der Waals surface area contributed by atoms with Crippen molar-refractivity contribution in [2.24, 2.45) is 0 Å². The Balaban J connectivity index is 0.000000720. The van der Waals surface area contributed by atoms with Gasteiger partial charge >= 0.3 is 5.97 Å². The van der Waals surface area contributed by atoms with Crippen molar-refractivity contribution >= 4 is 29.7 Å². The van der Waals surface area contributed by atoms with Crippen LogP contribution in [0.25, 0.3) is 0 Å². The molecule has 2 rings (SSSR count). The Morgan fingerprint density at radius 2 is 2.33 bits per heavy atom. The first-order valence-electron chi connectivity index (χ1n) is 3.33. The monoisotopic (exact) mass is 205 g/mol. The van der Waals surface area contributed by atoms with Crippen LogP contribution in [0.15, 0.2) is 6.07 Å². The van der Waals surface area contributed by atoms with E-state index < -0.39 is 5.97 Å². The van der Waals surface area contributed by atoms with Gasteiger partial charge in [0.25, 0.3) is 0 Å². The molecular weight excluding hydrogens is 198 g/mol. The largest absolute Gasteiger partial charge is 0.477 e. The summed E-state index contributed by atoms with van der Waals surface area (Å²) in [5, 5.41) is 11.8. The fourth-order valence-corrected chi connectivity index (χ4v) is 2.17. The van der Waals surface area contributed by atoms with Crippen LogP contribution in [0, 0.1) is 0 Å². The molecule has 0 spiro atoms. The minimum absolute atomic E-state index is 0. The molecule has 12 heavy (non-hydrogen) atoms. The van der Waals surface area contributed by atoms with E-state index in [1.165, 1.54) is 16.2 Å². The van der Waals surface area contributed by atoms with Crippen molar-refractivity contribution in [2.75, 3.05) is 0 Å². The van der Waals surface area contributed by atoms with Crippen LogP contribution in [0.4, 0.5) is 0 Å². The Hall–Kier alpha value is -0.580. The van der Waals surface area contributed by atoms with Crippen LogP contribution in [-0.2, 0) is 13.1 Å². The van der Waals surface area contributed by atoms with Gasteiger partial charge in [0.1, 0.15) is 4.88 Å². The summed E-state index contributed by atoms with van der Waals surface area (Å²) in [5.74, 6) is -0.815. The van der Waals surface area contributed by atoms with E-state index in [1.54, 1.807) is 6.07 Å². The standard InChI is InChI=1S/C7H7NO2S.ClH/c9-7(10)5-1-4-2-8-3-6(4)11-5;/h1,8H,2-3H2,(H,9,10);1H. The molecule has 2 heterocycles. The summed E-state index contributed by atoms with van der Waals surface area (Å²) in [6.07, 6.45) is 0. The van der Waals surface area contributed by atoms with Crippen LogP contribution in [0.3, 0.4) is 0 Å². The van der Waals surface area contributed by atoms with Crippen molar-refractivity contribution in [2.45, 2.75) is 13.1 Å². The number of carboxylic acid groups (broad SMARTS) is 1. The second-order valence-electron chi connectivity index (χ2n) is 2.47. The predicted octanol–water partition coefficient (Wildman–Crippen LogP) is 1.47. The van der Waals surface area contributed by atoms with Gasteiger partial charge in [0.15, 0.2) is 0 Å². The molecule has 0 amide bonds.